The van der Waals surface area contributed by atoms with E-state index in [9.17, 15) is 14.4 Å². The van der Waals surface area contributed by atoms with Crippen LogP contribution >= 0.6 is 0 Å². The number of nitrogens with two attached hydrogens (primary N) is 1. The Bertz CT molecular complexity index is 1260. The summed E-state index contributed by atoms with van der Waals surface area (Å²) in [7, 11) is 1.45. The lowest BCUT2D eigenvalue weighted by molar-refractivity contribution is -0.119. The van der Waals surface area contributed by atoms with E-state index in [1.807, 2.05) is 0 Å². The molecular weight excluding hydrogens is 388 g/mol. The number of H-pyrrole nitrogens is 1. The lowest BCUT2D eigenvalue weighted by Gasteiger charge is -2.14. The number of aromatic amines is 1. The van der Waals surface area contributed by atoms with Crippen LogP contribution in [0.4, 0.5) is 0 Å². The predicted molar refractivity (Wildman–Crippen MR) is 113 cm³/mol. The number of aromatic nitrogens is 2. The largest absolute Gasteiger partial charge is 0.493 e. The van der Waals surface area contributed by atoms with Crippen molar-refractivity contribution in [3.05, 3.63) is 81.0 Å². The molecule has 2 aromatic carbocycles. The van der Waals surface area contributed by atoms with Crippen molar-refractivity contribution in [1.29, 1.82) is 0 Å². The summed E-state index contributed by atoms with van der Waals surface area (Å²) in [5.74, 6) is 0.0769. The Hall–Kier alpha value is -4.14. The number of carbonyl (C=O) groups is 1. The van der Waals surface area contributed by atoms with Crippen molar-refractivity contribution >= 4 is 23.0 Å². The van der Waals surface area contributed by atoms with Gasteiger partial charge in [0, 0.05) is 5.56 Å². The Labute approximate surface area is 171 Å². The number of para-hydroxylation sites is 1. The van der Waals surface area contributed by atoms with Gasteiger partial charge in [0.15, 0.2) is 18.1 Å². The first-order valence-corrected chi connectivity index (χ1v) is 8.96. The second-order valence-corrected chi connectivity index (χ2v) is 6.30. The molecule has 0 unspecified atom stereocenters. The minimum atomic E-state index is -0.658. The second-order valence-electron chi connectivity index (χ2n) is 6.30. The minimum absolute atomic E-state index is 0.310. The van der Waals surface area contributed by atoms with Gasteiger partial charge in [0.05, 0.1) is 24.2 Å². The SMILES string of the molecule is C=CCc1cc(C=Nn2c(=O)[nH]c3ccccc3c2=O)cc(OC)c1OCC(N)=O. The Morgan fingerprint density at radius 3 is 2.77 bits per heavy atom. The summed E-state index contributed by atoms with van der Waals surface area (Å²) in [6, 6.07) is 10.0. The molecular formula is C21H20N4O5. The van der Waals surface area contributed by atoms with Crippen molar-refractivity contribution in [3.63, 3.8) is 0 Å². The molecule has 0 bridgehead atoms. The molecule has 3 N–H and O–H groups in total. The number of allylic oxidation sites excluding steroid dienone is 1. The van der Waals surface area contributed by atoms with Crippen LogP contribution in [-0.2, 0) is 11.2 Å². The molecule has 1 amide bonds. The maximum atomic E-state index is 12.6. The number of benzene rings is 2. The van der Waals surface area contributed by atoms with Crippen molar-refractivity contribution in [2.24, 2.45) is 10.8 Å². The molecule has 0 aliphatic rings. The maximum Gasteiger partial charge on any atom is 0.349 e. The standard InChI is InChI=1S/C21H20N4O5/c1-3-6-14-9-13(10-17(29-2)19(14)30-12-18(22)26)11-23-25-20(27)15-7-4-5-8-16(15)24-21(25)28/h3-5,7-11H,1,6,12H2,2H3,(H2,22,26)(H,24,28). The number of amides is 1. The van der Waals surface area contributed by atoms with E-state index in [0.717, 1.165) is 4.68 Å². The maximum absolute atomic E-state index is 12.6. The average Bonchev–Trinajstić information content (AvgIpc) is 2.72. The molecule has 0 aliphatic carbocycles. The van der Waals surface area contributed by atoms with Crippen molar-refractivity contribution in [1.82, 2.24) is 9.66 Å². The van der Waals surface area contributed by atoms with Crippen LogP contribution in [0, 0.1) is 0 Å². The molecule has 1 heterocycles. The first-order chi connectivity index (χ1) is 14.4. The van der Waals surface area contributed by atoms with E-state index in [1.165, 1.54) is 13.3 Å². The van der Waals surface area contributed by atoms with Gasteiger partial charge in [0.2, 0.25) is 0 Å². The quantitative estimate of drug-likeness (QED) is 0.427. The van der Waals surface area contributed by atoms with Crippen molar-refractivity contribution in [2.45, 2.75) is 6.42 Å². The Balaban J connectivity index is 2.05. The third-order valence-corrected chi connectivity index (χ3v) is 4.20. The lowest BCUT2D eigenvalue weighted by Crippen LogP contribution is -2.32. The van der Waals surface area contributed by atoms with Gasteiger partial charge < -0.3 is 20.2 Å². The van der Waals surface area contributed by atoms with Gasteiger partial charge in [-0.25, -0.2) is 4.79 Å². The van der Waals surface area contributed by atoms with E-state index in [4.69, 9.17) is 15.2 Å². The van der Waals surface area contributed by atoms with E-state index in [-0.39, 0.29) is 6.61 Å². The number of rotatable bonds is 8. The molecule has 3 aromatic rings. The number of ether oxygens (including phenoxy) is 2. The van der Waals surface area contributed by atoms with Gasteiger partial charge in [0.1, 0.15) is 0 Å². The Morgan fingerprint density at radius 1 is 1.30 bits per heavy atom. The molecule has 0 aliphatic heterocycles. The van der Waals surface area contributed by atoms with Gasteiger partial charge in [-0.1, -0.05) is 18.2 Å². The fraction of sp³-hybridized carbons (Fsp3) is 0.143. The van der Waals surface area contributed by atoms with Crippen molar-refractivity contribution in [3.8, 4) is 11.5 Å². The molecule has 3 rings (SSSR count). The third-order valence-electron chi connectivity index (χ3n) is 4.20. The summed E-state index contributed by atoms with van der Waals surface area (Å²) in [5.41, 5.74) is 5.62. The minimum Gasteiger partial charge on any atom is -0.493 e. The number of methoxy groups -OCH3 is 1. The van der Waals surface area contributed by atoms with E-state index >= 15 is 0 Å². The number of primary amides is 1. The van der Waals surface area contributed by atoms with E-state index in [2.05, 4.69) is 16.7 Å². The molecule has 9 heteroatoms. The number of fused-ring (bicyclic) bond motifs is 1. The molecule has 30 heavy (non-hydrogen) atoms. The van der Waals surface area contributed by atoms with Crippen LogP contribution in [0.3, 0.4) is 0 Å². The van der Waals surface area contributed by atoms with Crippen LogP contribution in [0.5, 0.6) is 11.5 Å². The van der Waals surface area contributed by atoms with Crippen LogP contribution < -0.4 is 26.5 Å². The average molecular weight is 408 g/mol. The number of hydrogen-bond donors (Lipinski definition) is 2. The zero-order chi connectivity index (χ0) is 21.7. The Kier molecular flexibility index (Phi) is 6.11. The molecule has 154 valence electrons. The zero-order valence-corrected chi connectivity index (χ0v) is 16.3. The molecule has 0 atom stereocenters. The smallest absolute Gasteiger partial charge is 0.349 e. The van der Waals surface area contributed by atoms with Crippen molar-refractivity contribution in [2.75, 3.05) is 13.7 Å². The molecule has 0 saturated carbocycles. The topological polar surface area (TPSA) is 129 Å². The fourth-order valence-corrected chi connectivity index (χ4v) is 2.91. The van der Waals surface area contributed by atoms with Crippen molar-refractivity contribution < 1.29 is 14.3 Å². The lowest BCUT2D eigenvalue weighted by atomic mass is 10.1. The number of carbonyl (C=O) groups excluding carboxylic acids is 1. The summed E-state index contributed by atoms with van der Waals surface area (Å²) in [4.78, 5) is 38.5. The summed E-state index contributed by atoms with van der Waals surface area (Å²) in [6.45, 7) is 3.40. The summed E-state index contributed by atoms with van der Waals surface area (Å²) >= 11 is 0. The second kappa shape index (κ2) is 8.91. The molecule has 1 aromatic heterocycles. The van der Waals surface area contributed by atoms with E-state index < -0.39 is 17.2 Å². The highest BCUT2D eigenvalue weighted by Gasteiger charge is 2.13. The van der Waals surface area contributed by atoms with Gasteiger partial charge in [0.25, 0.3) is 11.5 Å². The van der Waals surface area contributed by atoms with Gasteiger partial charge in [-0.05, 0) is 36.2 Å². The van der Waals surface area contributed by atoms with Gasteiger partial charge >= 0.3 is 5.69 Å². The van der Waals surface area contributed by atoms with Crippen LogP contribution in [0.25, 0.3) is 10.9 Å². The van der Waals surface area contributed by atoms with Crippen LogP contribution in [0.15, 0.2) is 63.7 Å². The fourth-order valence-electron chi connectivity index (χ4n) is 2.91. The molecule has 0 spiro atoms. The van der Waals surface area contributed by atoms with Gasteiger partial charge in [-0.3, -0.25) is 9.59 Å². The molecule has 0 radical (unpaired) electrons. The summed E-state index contributed by atoms with van der Waals surface area (Å²) in [6.07, 6.45) is 3.44. The molecule has 0 saturated heterocycles. The highest BCUT2D eigenvalue weighted by atomic mass is 16.5. The predicted octanol–water partition coefficient (Wildman–Crippen LogP) is 1.17. The normalized spacial score (nSPS) is 11.0. The van der Waals surface area contributed by atoms with Crippen LogP contribution in [-0.4, -0.2) is 35.5 Å². The van der Waals surface area contributed by atoms with Gasteiger partial charge in [-0.15, -0.1) is 11.3 Å². The first kappa shape index (κ1) is 20.6. The van der Waals surface area contributed by atoms with E-state index in [1.54, 1.807) is 42.5 Å². The zero-order valence-electron chi connectivity index (χ0n) is 16.3. The molecule has 9 nitrogen and oxygen atoms in total. The number of nitrogens with one attached hydrogen (secondary N) is 1. The van der Waals surface area contributed by atoms with Crippen LogP contribution in [0.1, 0.15) is 11.1 Å². The highest BCUT2D eigenvalue weighted by molar-refractivity contribution is 5.82. The molecule has 0 fully saturated rings. The summed E-state index contributed by atoms with van der Waals surface area (Å²) < 4.78 is 11.6. The summed E-state index contributed by atoms with van der Waals surface area (Å²) in [5, 5.41) is 4.39. The Morgan fingerprint density at radius 2 is 2.07 bits per heavy atom. The highest BCUT2D eigenvalue weighted by Crippen LogP contribution is 2.33. The van der Waals surface area contributed by atoms with E-state index in [0.29, 0.717) is 39.9 Å². The number of hydrogen-bond acceptors (Lipinski definition) is 6. The monoisotopic (exact) mass is 408 g/mol. The first-order valence-electron chi connectivity index (χ1n) is 8.96. The van der Waals surface area contributed by atoms with Gasteiger partial charge in [-0.2, -0.15) is 5.10 Å². The van der Waals surface area contributed by atoms with Crippen LogP contribution in [0.2, 0.25) is 0 Å². The third kappa shape index (κ3) is 4.30. The number of nitrogens with zero attached hydrogens (tertiary/aromatic N) is 2.